The predicted octanol–water partition coefficient (Wildman–Crippen LogP) is 3.05. The van der Waals surface area contributed by atoms with Crippen molar-refractivity contribution in [3.63, 3.8) is 0 Å². The van der Waals surface area contributed by atoms with Gasteiger partial charge in [-0.25, -0.2) is 9.97 Å². The van der Waals surface area contributed by atoms with Crippen molar-refractivity contribution in [2.24, 2.45) is 5.92 Å². The van der Waals surface area contributed by atoms with Crippen molar-refractivity contribution in [1.29, 1.82) is 0 Å². The molecule has 1 atom stereocenters. The molecule has 2 aromatic heterocycles. The number of aliphatic hydroxyl groups excluding tert-OH is 1. The molecule has 1 aromatic carbocycles. The van der Waals surface area contributed by atoms with Crippen molar-refractivity contribution in [1.82, 2.24) is 14.5 Å². The van der Waals surface area contributed by atoms with Crippen molar-refractivity contribution in [2.45, 2.75) is 37.7 Å². The third-order valence-corrected chi connectivity index (χ3v) is 6.12. The average molecular weight is 394 g/mol. The molecule has 1 saturated heterocycles. The molecular formula is C22H26N4O3. The largest absolute Gasteiger partial charge is 0.491 e. The van der Waals surface area contributed by atoms with Gasteiger partial charge in [-0.05, 0) is 55.2 Å². The molecule has 0 amide bonds. The second-order valence-corrected chi connectivity index (χ2v) is 8.07. The van der Waals surface area contributed by atoms with Gasteiger partial charge in [0.05, 0.1) is 11.6 Å². The molecule has 1 aliphatic heterocycles. The number of ether oxygens (including phenoxy) is 2. The molecule has 152 valence electrons. The number of fused-ring (bicyclic) bond motifs is 1. The third-order valence-electron chi connectivity index (χ3n) is 6.12. The van der Waals surface area contributed by atoms with Gasteiger partial charge in [-0.2, -0.15) is 0 Å². The number of nitrogen functional groups attached to an aromatic ring is 1. The number of anilines is 1. The summed E-state index contributed by atoms with van der Waals surface area (Å²) in [5.41, 5.74) is 10.1. The van der Waals surface area contributed by atoms with Crippen LogP contribution in [0.5, 0.6) is 5.75 Å². The SMILES string of the molecule is Nc1ncnc2c(C3CC(CO)C3)cn(-c3cccc(OCC4CCCO4)c3)c12. The van der Waals surface area contributed by atoms with Crippen LogP contribution in [0, 0.1) is 5.92 Å². The number of hydrogen-bond donors (Lipinski definition) is 2. The Morgan fingerprint density at radius 3 is 2.97 bits per heavy atom. The van der Waals surface area contributed by atoms with E-state index in [1.54, 1.807) is 0 Å². The van der Waals surface area contributed by atoms with Gasteiger partial charge < -0.3 is 24.9 Å². The van der Waals surface area contributed by atoms with Crippen molar-refractivity contribution >= 4 is 16.9 Å². The van der Waals surface area contributed by atoms with Crippen LogP contribution in [0.4, 0.5) is 5.82 Å². The number of hydrogen-bond acceptors (Lipinski definition) is 6. The molecule has 0 bridgehead atoms. The summed E-state index contributed by atoms with van der Waals surface area (Å²) in [6.07, 6.45) is 7.93. The molecule has 3 aromatic rings. The lowest BCUT2D eigenvalue weighted by atomic mass is 9.72. The van der Waals surface area contributed by atoms with E-state index in [1.807, 2.05) is 24.3 Å². The Morgan fingerprint density at radius 2 is 2.17 bits per heavy atom. The molecule has 1 saturated carbocycles. The number of aromatic nitrogens is 3. The zero-order valence-electron chi connectivity index (χ0n) is 16.3. The van der Waals surface area contributed by atoms with E-state index in [0.29, 0.717) is 24.3 Å². The van der Waals surface area contributed by atoms with Crippen LogP contribution in [-0.4, -0.2) is 45.6 Å². The summed E-state index contributed by atoms with van der Waals surface area (Å²) < 4.78 is 13.7. The smallest absolute Gasteiger partial charge is 0.151 e. The van der Waals surface area contributed by atoms with Crippen molar-refractivity contribution < 1.29 is 14.6 Å². The Kier molecular flexibility index (Phi) is 4.85. The number of benzene rings is 1. The van der Waals surface area contributed by atoms with E-state index in [0.717, 1.165) is 54.8 Å². The topological polar surface area (TPSA) is 95.4 Å². The third kappa shape index (κ3) is 3.45. The first kappa shape index (κ1) is 18.4. The van der Waals surface area contributed by atoms with Crippen LogP contribution in [0.3, 0.4) is 0 Å². The first-order valence-corrected chi connectivity index (χ1v) is 10.3. The molecule has 0 spiro atoms. The highest BCUT2D eigenvalue weighted by molar-refractivity contribution is 5.90. The van der Waals surface area contributed by atoms with Crippen molar-refractivity contribution in [2.75, 3.05) is 25.6 Å². The maximum atomic E-state index is 9.38. The van der Waals surface area contributed by atoms with E-state index in [-0.39, 0.29) is 12.7 Å². The highest BCUT2D eigenvalue weighted by Crippen LogP contribution is 2.44. The zero-order chi connectivity index (χ0) is 19.8. The second kappa shape index (κ2) is 7.65. The van der Waals surface area contributed by atoms with Crippen LogP contribution >= 0.6 is 0 Å². The van der Waals surface area contributed by atoms with Crippen LogP contribution in [0.25, 0.3) is 16.7 Å². The molecular weight excluding hydrogens is 368 g/mol. The Labute approximate surface area is 169 Å². The predicted molar refractivity (Wildman–Crippen MR) is 110 cm³/mol. The standard InChI is InChI=1S/C22H26N4O3/c23-22-21-20(24-13-25-22)19(15-7-14(8-15)11-27)10-26(21)16-3-1-4-17(9-16)29-12-18-5-2-6-28-18/h1,3-4,9-10,13-15,18,27H,2,5-8,11-12H2,(H2,23,24,25). The van der Waals surface area contributed by atoms with Gasteiger partial charge in [0.25, 0.3) is 0 Å². The van der Waals surface area contributed by atoms with Gasteiger partial charge in [0.1, 0.15) is 24.2 Å². The fraction of sp³-hybridized carbons (Fsp3) is 0.455. The lowest BCUT2D eigenvalue weighted by Crippen LogP contribution is -2.24. The highest BCUT2D eigenvalue weighted by Gasteiger charge is 2.33. The van der Waals surface area contributed by atoms with Gasteiger partial charge in [0.15, 0.2) is 5.82 Å². The van der Waals surface area contributed by atoms with Crippen LogP contribution < -0.4 is 10.5 Å². The summed E-state index contributed by atoms with van der Waals surface area (Å²) in [6, 6.07) is 7.99. The van der Waals surface area contributed by atoms with Gasteiger partial charge in [0.2, 0.25) is 0 Å². The summed E-state index contributed by atoms with van der Waals surface area (Å²) in [5.74, 6) is 2.04. The summed E-state index contributed by atoms with van der Waals surface area (Å²) in [4.78, 5) is 8.74. The molecule has 5 rings (SSSR count). The van der Waals surface area contributed by atoms with Gasteiger partial charge in [-0.1, -0.05) is 6.07 Å². The molecule has 29 heavy (non-hydrogen) atoms. The number of rotatable bonds is 6. The first-order valence-electron chi connectivity index (χ1n) is 10.3. The van der Waals surface area contributed by atoms with Crippen LogP contribution in [0.1, 0.15) is 37.2 Å². The monoisotopic (exact) mass is 394 g/mol. The summed E-state index contributed by atoms with van der Waals surface area (Å²) in [5, 5.41) is 9.38. The highest BCUT2D eigenvalue weighted by atomic mass is 16.5. The molecule has 1 unspecified atom stereocenters. The molecule has 2 aliphatic rings. The molecule has 3 heterocycles. The number of aliphatic hydroxyl groups is 1. The van der Waals surface area contributed by atoms with Gasteiger partial charge >= 0.3 is 0 Å². The second-order valence-electron chi connectivity index (χ2n) is 8.07. The summed E-state index contributed by atoms with van der Waals surface area (Å²) in [7, 11) is 0. The van der Waals surface area contributed by atoms with E-state index < -0.39 is 0 Å². The van der Waals surface area contributed by atoms with E-state index >= 15 is 0 Å². The van der Waals surface area contributed by atoms with Crippen LogP contribution in [-0.2, 0) is 4.74 Å². The molecule has 1 aliphatic carbocycles. The summed E-state index contributed by atoms with van der Waals surface area (Å²) in [6.45, 7) is 1.64. The minimum atomic E-state index is 0.180. The molecule has 7 heteroatoms. The summed E-state index contributed by atoms with van der Waals surface area (Å²) >= 11 is 0. The van der Waals surface area contributed by atoms with E-state index in [4.69, 9.17) is 15.2 Å². The van der Waals surface area contributed by atoms with Crippen molar-refractivity contribution in [3.8, 4) is 11.4 Å². The minimum Gasteiger partial charge on any atom is -0.491 e. The minimum absolute atomic E-state index is 0.180. The van der Waals surface area contributed by atoms with E-state index in [1.165, 1.54) is 11.9 Å². The Morgan fingerprint density at radius 1 is 1.28 bits per heavy atom. The Hall–Kier alpha value is -2.64. The maximum Gasteiger partial charge on any atom is 0.151 e. The Balaban J connectivity index is 1.47. The average Bonchev–Trinajstić information content (AvgIpc) is 3.35. The maximum absolute atomic E-state index is 9.38. The molecule has 2 fully saturated rings. The normalized spacial score (nSPS) is 24.0. The van der Waals surface area contributed by atoms with Gasteiger partial charge in [0, 0.05) is 31.2 Å². The molecule has 3 N–H and O–H groups in total. The van der Waals surface area contributed by atoms with Gasteiger partial charge in [-0.15, -0.1) is 0 Å². The number of nitrogens with zero attached hydrogens (tertiary/aromatic N) is 3. The lowest BCUT2D eigenvalue weighted by Gasteiger charge is -2.33. The van der Waals surface area contributed by atoms with E-state index in [2.05, 4.69) is 20.7 Å². The fourth-order valence-corrected chi connectivity index (χ4v) is 4.44. The quantitative estimate of drug-likeness (QED) is 0.667. The van der Waals surface area contributed by atoms with Gasteiger partial charge in [-0.3, -0.25) is 0 Å². The van der Waals surface area contributed by atoms with Crippen LogP contribution in [0.2, 0.25) is 0 Å². The van der Waals surface area contributed by atoms with Crippen molar-refractivity contribution in [3.05, 3.63) is 42.4 Å². The number of nitrogens with two attached hydrogens (primary N) is 1. The molecule has 0 radical (unpaired) electrons. The molecule has 7 nitrogen and oxygen atoms in total. The first-order chi connectivity index (χ1) is 14.2. The zero-order valence-corrected chi connectivity index (χ0v) is 16.3. The fourth-order valence-electron chi connectivity index (χ4n) is 4.44. The van der Waals surface area contributed by atoms with E-state index in [9.17, 15) is 5.11 Å². The lowest BCUT2D eigenvalue weighted by molar-refractivity contribution is 0.0679. The van der Waals surface area contributed by atoms with Crippen LogP contribution in [0.15, 0.2) is 36.8 Å². The Bertz CT molecular complexity index is 1010.